The van der Waals surface area contributed by atoms with Gasteiger partial charge in [0.1, 0.15) is 0 Å². The van der Waals surface area contributed by atoms with Gasteiger partial charge in [-0.2, -0.15) is 0 Å². The van der Waals surface area contributed by atoms with Crippen molar-refractivity contribution in [2.45, 2.75) is 40.2 Å². The van der Waals surface area contributed by atoms with Gasteiger partial charge in [-0.15, -0.1) is 0 Å². The predicted molar refractivity (Wildman–Crippen MR) is 84.3 cm³/mol. The molecule has 1 fully saturated rings. The number of anilines is 1. The molecule has 0 saturated carbocycles. The molecular formula is C16H25ClN2. The van der Waals surface area contributed by atoms with E-state index in [1.54, 1.807) is 0 Å². The first-order valence-electron chi connectivity index (χ1n) is 7.12. The summed E-state index contributed by atoms with van der Waals surface area (Å²) in [6, 6.07) is 6.91. The molecule has 19 heavy (non-hydrogen) atoms. The van der Waals surface area contributed by atoms with Crippen molar-refractivity contribution < 1.29 is 0 Å². The lowest BCUT2D eigenvalue weighted by molar-refractivity contribution is 0.280. The van der Waals surface area contributed by atoms with Gasteiger partial charge in [0.05, 0.1) is 0 Å². The molecule has 0 aliphatic carbocycles. The highest BCUT2D eigenvalue weighted by atomic mass is 35.5. The van der Waals surface area contributed by atoms with Crippen LogP contribution < -0.4 is 10.2 Å². The first kappa shape index (κ1) is 14.7. The number of hydrogen-bond donors (Lipinski definition) is 1. The van der Waals surface area contributed by atoms with E-state index in [0.717, 1.165) is 30.2 Å². The molecule has 2 nitrogen and oxygen atoms in total. The number of hydrogen-bond acceptors (Lipinski definition) is 2. The molecule has 0 radical (unpaired) electrons. The Morgan fingerprint density at radius 2 is 2.05 bits per heavy atom. The second kappa shape index (κ2) is 5.72. The van der Waals surface area contributed by atoms with E-state index >= 15 is 0 Å². The Morgan fingerprint density at radius 3 is 2.68 bits per heavy atom. The monoisotopic (exact) mass is 280 g/mol. The fourth-order valence-electron chi connectivity index (χ4n) is 2.52. The van der Waals surface area contributed by atoms with Crippen LogP contribution in [-0.2, 0) is 0 Å². The number of benzene rings is 1. The van der Waals surface area contributed by atoms with Gasteiger partial charge in [-0.25, -0.2) is 0 Å². The third-order valence-corrected chi connectivity index (χ3v) is 4.37. The quantitative estimate of drug-likeness (QED) is 0.840. The molecule has 1 aliphatic rings. The molecule has 0 amide bonds. The second-order valence-electron chi connectivity index (χ2n) is 6.61. The minimum atomic E-state index is 0.275. The number of rotatable bonds is 1. The molecule has 1 atom stereocenters. The number of nitrogens with zero attached hydrogens (tertiary/aromatic N) is 1. The van der Waals surface area contributed by atoms with Gasteiger partial charge in [-0.05, 0) is 43.0 Å². The Balaban J connectivity index is 2.20. The van der Waals surface area contributed by atoms with Crippen LogP contribution in [0.15, 0.2) is 18.2 Å². The summed E-state index contributed by atoms with van der Waals surface area (Å²) < 4.78 is 0. The van der Waals surface area contributed by atoms with Crippen LogP contribution in [0.2, 0.25) is 5.02 Å². The van der Waals surface area contributed by atoms with Crippen molar-refractivity contribution in [3.05, 3.63) is 28.8 Å². The lowest BCUT2D eigenvalue weighted by Crippen LogP contribution is -2.46. The van der Waals surface area contributed by atoms with Crippen LogP contribution in [-0.4, -0.2) is 25.7 Å². The van der Waals surface area contributed by atoms with Crippen LogP contribution in [0.3, 0.4) is 0 Å². The van der Waals surface area contributed by atoms with Gasteiger partial charge < -0.3 is 10.2 Å². The van der Waals surface area contributed by atoms with Gasteiger partial charge >= 0.3 is 0 Å². The minimum absolute atomic E-state index is 0.275. The van der Waals surface area contributed by atoms with Crippen LogP contribution in [0.1, 0.15) is 32.8 Å². The maximum Gasteiger partial charge on any atom is 0.0455 e. The van der Waals surface area contributed by atoms with Crippen molar-refractivity contribution >= 4 is 17.3 Å². The molecule has 0 spiro atoms. The molecule has 3 heteroatoms. The summed E-state index contributed by atoms with van der Waals surface area (Å²) in [4.78, 5) is 2.46. The normalized spacial score (nSPS) is 21.3. The van der Waals surface area contributed by atoms with Gasteiger partial charge in [-0.3, -0.25) is 0 Å². The summed E-state index contributed by atoms with van der Waals surface area (Å²) >= 11 is 6.26. The molecule has 1 unspecified atom stereocenters. The molecule has 2 rings (SSSR count). The Morgan fingerprint density at radius 1 is 1.32 bits per heavy atom. The van der Waals surface area contributed by atoms with Gasteiger partial charge in [0, 0.05) is 29.8 Å². The van der Waals surface area contributed by atoms with E-state index in [4.69, 9.17) is 11.6 Å². The highest BCUT2D eigenvalue weighted by molar-refractivity contribution is 6.31. The zero-order chi connectivity index (χ0) is 14.0. The summed E-state index contributed by atoms with van der Waals surface area (Å²) in [5, 5.41) is 4.54. The molecule has 1 saturated heterocycles. The summed E-state index contributed by atoms with van der Waals surface area (Å²) in [5.74, 6) is 0. The maximum atomic E-state index is 6.26. The van der Waals surface area contributed by atoms with Crippen LogP contribution >= 0.6 is 11.6 Å². The zero-order valence-corrected chi connectivity index (χ0v) is 13.2. The Labute approximate surface area is 122 Å². The Kier molecular flexibility index (Phi) is 4.42. The van der Waals surface area contributed by atoms with E-state index in [0.29, 0.717) is 6.04 Å². The Hall–Kier alpha value is -0.730. The summed E-state index contributed by atoms with van der Waals surface area (Å²) in [6.45, 7) is 12.2. The van der Waals surface area contributed by atoms with Gasteiger partial charge in [0.25, 0.3) is 0 Å². The largest absolute Gasteiger partial charge is 0.370 e. The van der Waals surface area contributed by atoms with Crippen molar-refractivity contribution in [2.75, 3.05) is 24.5 Å². The zero-order valence-electron chi connectivity index (χ0n) is 12.5. The summed E-state index contributed by atoms with van der Waals surface area (Å²) in [6.07, 6.45) is 1.18. The SMILES string of the molecule is Cc1ccc(N2CCCNC(C(C)(C)C)C2)cc1Cl. The van der Waals surface area contributed by atoms with E-state index in [1.807, 2.05) is 6.92 Å². The van der Waals surface area contributed by atoms with Crippen LogP contribution in [0.25, 0.3) is 0 Å². The van der Waals surface area contributed by atoms with Crippen LogP contribution in [0.5, 0.6) is 0 Å². The lowest BCUT2D eigenvalue weighted by atomic mass is 9.86. The number of aryl methyl sites for hydroxylation is 1. The average Bonchev–Trinajstić information content (AvgIpc) is 2.58. The van der Waals surface area contributed by atoms with E-state index in [-0.39, 0.29) is 5.41 Å². The second-order valence-corrected chi connectivity index (χ2v) is 7.01. The van der Waals surface area contributed by atoms with Crippen LogP contribution in [0.4, 0.5) is 5.69 Å². The smallest absolute Gasteiger partial charge is 0.0455 e. The molecule has 1 N–H and O–H groups in total. The van der Waals surface area contributed by atoms with Crippen molar-refractivity contribution in [1.82, 2.24) is 5.32 Å². The third-order valence-electron chi connectivity index (χ3n) is 3.96. The van der Waals surface area contributed by atoms with Gasteiger partial charge in [0.15, 0.2) is 0 Å². The summed E-state index contributed by atoms with van der Waals surface area (Å²) in [5.41, 5.74) is 2.66. The maximum absolute atomic E-state index is 6.26. The first-order valence-corrected chi connectivity index (χ1v) is 7.50. The van der Waals surface area contributed by atoms with E-state index < -0.39 is 0 Å². The van der Waals surface area contributed by atoms with Gasteiger partial charge in [-0.1, -0.05) is 38.4 Å². The molecule has 0 aromatic heterocycles. The van der Waals surface area contributed by atoms with Crippen molar-refractivity contribution in [3.8, 4) is 0 Å². The number of nitrogens with one attached hydrogen (secondary N) is 1. The Bertz CT molecular complexity index is 437. The average molecular weight is 281 g/mol. The van der Waals surface area contributed by atoms with Crippen LogP contribution in [0, 0.1) is 12.3 Å². The fraction of sp³-hybridized carbons (Fsp3) is 0.625. The van der Waals surface area contributed by atoms with E-state index in [1.165, 1.54) is 12.1 Å². The highest BCUT2D eigenvalue weighted by Crippen LogP contribution is 2.27. The summed E-state index contributed by atoms with van der Waals surface area (Å²) in [7, 11) is 0. The topological polar surface area (TPSA) is 15.3 Å². The predicted octanol–water partition coefficient (Wildman–Crippen LogP) is 3.86. The fourth-order valence-corrected chi connectivity index (χ4v) is 2.69. The standard InChI is InChI=1S/C16H25ClN2/c1-12-6-7-13(10-14(12)17)19-9-5-8-18-15(11-19)16(2,3)4/h6-7,10,15,18H,5,8-9,11H2,1-4H3. The molecular weight excluding hydrogens is 256 g/mol. The molecule has 1 heterocycles. The first-order chi connectivity index (χ1) is 8.88. The molecule has 0 bridgehead atoms. The third kappa shape index (κ3) is 3.64. The van der Waals surface area contributed by atoms with E-state index in [9.17, 15) is 0 Å². The van der Waals surface area contributed by atoms with Crippen molar-refractivity contribution in [2.24, 2.45) is 5.41 Å². The number of halogens is 1. The minimum Gasteiger partial charge on any atom is -0.370 e. The molecule has 1 aromatic rings. The van der Waals surface area contributed by atoms with Crippen molar-refractivity contribution in [3.63, 3.8) is 0 Å². The van der Waals surface area contributed by atoms with E-state index in [2.05, 4.69) is 49.2 Å². The lowest BCUT2D eigenvalue weighted by Gasteiger charge is -2.34. The van der Waals surface area contributed by atoms with Gasteiger partial charge in [0.2, 0.25) is 0 Å². The highest BCUT2D eigenvalue weighted by Gasteiger charge is 2.28. The molecule has 1 aliphatic heterocycles. The molecule has 106 valence electrons. The van der Waals surface area contributed by atoms with Crippen molar-refractivity contribution in [1.29, 1.82) is 0 Å². The molecule has 1 aromatic carbocycles.